The molecular weight excluding hydrogens is 316 g/mol. The molecule has 5 heteroatoms. The van der Waals surface area contributed by atoms with Crippen LogP contribution in [0.15, 0.2) is 48.5 Å². The smallest absolute Gasteiger partial charge is 0.315 e. The number of nitrogens with one attached hydrogen (secondary N) is 2. The number of para-hydroxylation sites is 1. The van der Waals surface area contributed by atoms with Gasteiger partial charge in [-0.25, -0.2) is 4.79 Å². The van der Waals surface area contributed by atoms with E-state index >= 15 is 0 Å². The number of hydrogen-bond acceptors (Lipinski definition) is 3. The van der Waals surface area contributed by atoms with Crippen LogP contribution in [0, 0.1) is 5.92 Å². The van der Waals surface area contributed by atoms with Crippen molar-refractivity contribution in [3.05, 3.63) is 59.7 Å². The highest BCUT2D eigenvalue weighted by molar-refractivity contribution is 5.73. The number of amides is 2. The van der Waals surface area contributed by atoms with Gasteiger partial charge in [-0.1, -0.05) is 44.2 Å². The maximum atomic E-state index is 12.0. The van der Waals surface area contributed by atoms with Gasteiger partial charge in [-0.15, -0.1) is 0 Å². The Morgan fingerprint density at radius 2 is 1.80 bits per heavy atom. The number of carbonyl (C=O) groups excluding carboxylic acids is 1. The summed E-state index contributed by atoms with van der Waals surface area (Å²) >= 11 is 0. The van der Waals surface area contributed by atoms with Crippen LogP contribution < -0.4 is 20.1 Å². The Labute approximate surface area is 149 Å². The van der Waals surface area contributed by atoms with Crippen molar-refractivity contribution in [2.45, 2.75) is 26.9 Å². The van der Waals surface area contributed by atoms with E-state index in [0.29, 0.717) is 25.6 Å². The van der Waals surface area contributed by atoms with E-state index < -0.39 is 0 Å². The van der Waals surface area contributed by atoms with Crippen LogP contribution in [0.25, 0.3) is 0 Å². The third-order valence-corrected chi connectivity index (χ3v) is 3.57. The summed E-state index contributed by atoms with van der Waals surface area (Å²) in [6.45, 7) is 5.75. The van der Waals surface area contributed by atoms with Gasteiger partial charge in [-0.3, -0.25) is 0 Å². The molecule has 0 aliphatic rings. The van der Waals surface area contributed by atoms with Gasteiger partial charge in [0.05, 0.1) is 13.7 Å². The fourth-order valence-electron chi connectivity index (χ4n) is 2.28. The second kappa shape index (κ2) is 9.57. The number of ether oxygens (including phenoxy) is 2. The number of hydrogen-bond donors (Lipinski definition) is 2. The second-order valence-corrected chi connectivity index (χ2v) is 6.20. The number of carbonyl (C=O) groups is 1. The molecule has 0 aromatic heterocycles. The number of benzene rings is 2. The first-order valence-corrected chi connectivity index (χ1v) is 8.44. The van der Waals surface area contributed by atoms with Crippen molar-refractivity contribution in [3.63, 3.8) is 0 Å². The van der Waals surface area contributed by atoms with Crippen molar-refractivity contribution in [3.8, 4) is 11.5 Å². The zero-order valence-electron chi connectivity index (χ0n) is 15.0. The Kier molecular flexibility index (Phi) is 7.14. The normalized spacial score (nSPS) is 10.4. The lowest BCUT2D eigenvalue weighted by Crippen LogP contribution is -2.34. The van der Waals surface area contributed by atoms with Crippen molar-refractivity contribution in [1.82, 2.24) is 10.6 Å². The predicted molar refractivity (Wildman–Crippen MR) is 98.8 cm³/mol. The molecular formula is C20H26N2O3. The summed E-state index contributed by atoms with van der Waals surface area (Å²) in [5, 5.41) is 5.69. The van der Waals surface area contributed by atoms with Gasteiger partial charge >= 0.3 is 6.03 Å². The predicted octanol–water partition coefficient (Wildman–Crippen LogP) is 3.73. The molecule has 2 rings (SSSR count). The van der Waals surface area contributed by atoms with Gasteiger partial charge in [-0.2, -0.15) is 0 Å². The molecule has 0 bridgehead atoms. The average molecular weight is 342 g/mol. The summed E-state index contributed by atoms with van der Waals surface area (Å²) in [6, 6.07) is 15.2. The lowest BCUT2D eigenvalue weighted by Gasteiger charge is -2.12. The molecule has 0 spiro atoms. The van der Waals surface area contributed by atoms with Crippen LogP contribution in [-0.4, -0.2) is 19.7 Å². The van der Waals surface area contributed by atoms with E-state index in [1.54, 1.807) is 7.11 Å². The van der Waals surface area contributed by atoms with Crippen LogP contribution in [-0.2, 0) is 13.1 Å². The van der Waals surface area contributed by atoms with E-state index in [1.807, 2.05) is 48.5 Å². The highest BCUT2D eigenvalue weighted by Crippen LogP contribution is 2.17. The molecule has 0 atom stereocenters. The van der Waals surface area contributed by atoms with Gasteiger partial charge in [0, 0.05) is 18.7 Å². The van der Waals surface area contributed by atoms with E-state index in [1.165, 1.54) is 0 Å². The molecule has 2 N–H and O–H groups in total. The Morgan fingerprint density at radius 1 is 1.04 bits per heavy atom. The Hall–Kier alpha value is -2.69. The monoisotopic (exact) mass is 342 g/mol. The zero-order chi connectivity index (χ0) is 18.1. The third kappa shape index (κ3) is 6.37. The standard InChI is InChI=1S/C20H26N2O3/c1-15(2)14-25-18-9-6-7-16(11-18)12-21-20(23)22-13-17-8-4-5-10-19(17)24-3/h4-11,15H,12-14H2,1-3H3,(H2,21,22,23). The molecule has 0 unspecified atom stereocenters. The quantitative estimate of drug-likeness (QED) is 0.768. The summed E-state index contributed by atoms with van der Waals surface area (Å²) in [5.41, 5.74) is 1.93. The maximum absolute atomic E-state index is 12.0. The topological polar surface area (TPSA) is 59.6 Å². The van der Waals surface area contributed by atoms with E-state index in [2.05, 4.69) is 24.5 Å². The summed E-state index contributed by atoms with van der Waals surface area (Å²) in [4.78, 5) is 12.0. The minimum atomic E-state index is -0.223. The number of methoxy groups -OCH3 is 1. The van der Waals surface area contributed by atoms with Gasteiger partial charge < -0.3 is 20.1 Å². The van der Waals surface area contributed by atoms with Crippen LogP contribution in [0.1, 0.15) is 25.0 Å². The lowest BCUT2D eigenvalue weighted by molar-refractivity contribution is 0.240. The zero-order valence-corrected chi connectivity index (χ0v) is 15.0. The fraction of sp³-hybridized carbons (Fsp3) is 0.350. The molecule has 0 fully saturated rings. The molecule has 0 radical (unpaired) electrons. The Morgan fingerprint density at radius 3 is 2.56 bits per heavy atom. The van der Waals surface area contributed by atoms with Gasteiger partial charge in [0.15, 0.2) is 0 Å². The van der Waals surface area contributed by atoms with Crippen molar-refractivity contribution < 1.29 is 14.3 Å². The molecule has 0 aliphatic carbocycles. The molecule has 0 saturated carbocycles. The largest absolute Gasteiger partial charge is 0.496 e. The lowest BCUT2D eigenvalue weighted by atomic mass is 10.2. The molecule has 2 amide bonds. The maximum Gasteiger partial charge on any atom is 0.315 e. The van der Waals surface area contributed by atoms with Crippen molar-refractivity contribution in [2.75, 3.05) is 13.7 Å². The molecule has 0 aliphatic heterocycles. The van der Waals surface area contributed by atoms with Gasteiger partial charge in [0.2, 0.25) is 0 Å². The number of rotatable bonds is 8. The summed E-state index contributed by atoms with van der Waals surface area (Å²) in [6.07, 6.45) is 0. The summed E-state index contributed by atoms with van der Waals surface area (Å²) in [5.74, 6) is 2.06. The average Bonchev–Trinajstić information content (AvgIpc) is 2.63. The molecule has 0 heterocycles. The Bertz CT molecular complexity index is 686. The van der Waals surface area contributed by atoms with Gasteiger partial charge in [0.25, 0.3) is 0 Å². The van der Waals surface area contributed by atoms with Crippen molar-refractivity contribution in [1.29, 1.82) is 0 Å². The Balaban J connectivity index is 1.80. The molecule has 2 aromatic rings. The fourth-order valence-corrected chi connectivity index (χ4v) is 2.28. The van der Waals surface area contributed by atoms with Gasteiger partial charge in [0.1, 0.15) is 11.5 Å². The summed E-state index contributed by atoms with van der Waals surface area (Å²) < 4.78 is 11.0. The minimum Gasteiger partial charge on any atom is -0.496 e. The molecule has 5 nitrogen and oxygen atoms in total. The van der Waals surface area contributed by atoms with Crippen molar-refractivity contribution >= 4 is 6.03 Å². The van der Waals surface area contributed by atoms with Crippen LogP contribution >= 0.6 is 0 Å². The van der Waals surface area contributed by atoms with Crippen LogP contribution in [0.3, 0.4) is 0 Å². The minimum absolute atomic E-state index is 0.223. The second-order valence-electron chi connectivity index (χ2n) is 6.20. The van der Waals surface area contributed by atoms with Crippen LogP contribution in [0.4, 0.5) is 4.79 Å². The first-order chi connectivity index (χ1) is 12.1. The van der Waals surface area contributed by atoms with Crippen LogP contribution in [0.2, 0.25) is 0 Å². The van der Waals surface area contributed by atoms with Gasteiger partial charge in [-0.05, 0) is 29.7 Å². The molecule has 25 heavy (non-hydrogen) atoms. The number of urea groups is 1. The molecule has 0 saturated heterocycles. The highest BCUT2D eigenvalue weighted by Gasteiger charge is 2.05. The van der Waals surface area contributed by atoms with E-state index in [4.69, 9.17) is 9.47 Å². The SMILES string of the molecule is COc1ccccc1CNC(=O)NCc1cccc(OCC(C)C)c1. The third-order valence-electron chi connectivity index (χ3n) is 3.57. The van der Waals surface area contributed by atoms with E-state index in [0.717, 1.165) is 22.6 Å². The molecule has 134 valence electrons. The highest BCUT2D eigenvalue weighted by atomic mass is 16.5. The van der Waals surface area contributed by atoms with E-state index in [-0.39, 0.29) is 6.03 Å². The van der Waals surface area contributed by atoms with E-state index in [9.17, 15) is 4.79 Å². The van der Waals surface area contributed by atoms with Crippen molar-refractivity contribution in [2.24, 2.45) is 5.92 Å². The van der Waals surface area contributed by atoms with Crippen LogP contribution in [0.5, 0.6) is 11.5 Å². The first-order valence-electron chi connectivity index (χ1n) is 8.44. The first kappa shape index (κ1) is 18.6. The summed E-state index contributed by atoms with van der Waals surface area (Å²) in [7, 11) is 1.62. The molecule has 2 aromatic carbocycles.